The number of benzene rings is 2. The standard InChI is InChI=1S/C21H19BrFNO3/c22-15-3-6-19-17(11-15)18(13-25)21(14-1-4-16(23)5-2-14)20(27-19)12-24-7-9-26-10-8-24/h1-6,11,13,18H,7-10,12H2. The van der Waals surface area contributed by atoms with Crippen LogP contribution in [0.2, 0.25) is 0 Å². The maximum atomic E-state index is 13.4. The number of nitrogens with zero attached hydrogens (tertiary/aromatic N) is 1. The number of carbonyl (C=O) groups excluding carboxylic acids is 1. The van der Waals surface area contributed by atoms with E-state index in [-0.39, 0.29) is 5.82 Å². The molecule has 2 aromatic carbocycles. The fourth-order valence-electron chi connectivity index (χ4n) is 3.56. The van der Waals surface area contributed by atoms with Crippen molar-refractivity contribution in [3.8, 4) is 5.75 Å². The van der Waals surface area contributed by atoms with Gasteiger partial charge in [0.25, 0.3) is 0 Å². The number of ether oxygens (including phenoxy) is 2. The van der Waals surface area contributed by atoms with Crippen molar-refractivity contribution in [3.05, 3.63) is 69.6 Å². The molecular weight excluding hydrogens is 413 g/mol. The van der Waals surface area contributed by atoms with Gasteiger partial charge < -0.3 is 14.3 Å². The predicted octanol–water partition coefficient (Wildman–Crippen LogP) is 4.01. The topological polar surface area (TPSA) is 38.8 Å². The first kappa shape index (κ1) is 18.3. The Balaban J connectivity index is 1.80. The van der Waals surface area contributed by atoms with Crippen LogP contribution in [0.5, 0.6) is 5.75 Å². The molecule has 0 bridgehead atoms. The highest BCUT2D eigenvalue weighted by Crippen LogP contribution is 2.44. The summed E-state index contributed by atoms with van der Waals surface area (Å²) in [6.45, 7) is 3.56. The molecule has 1 fully saturated rings. The molecule has 4 nitrogen and oxygen atoms in total. The van der Waals surface area contributed by atoms with Gasteiger partial charge >= 0.3 is 0 Å². The Kier molecular flexibility index (Phi) is 5.38. The number of hydrogen-bond acceptors (Lipinski definition) is 4. The van der Waals surface area contributed by atoms with Crippen molar-refractivity contribution in [1.29, 1.82) is 0 Å². The highest BCUT2D eigenvalue weighted by Gasteiger charge is 2.31. The fourth-order valence-corrected chi connectivity index (χ4v) is 3.94. The first-order chi connectivity index (χ1) is 13.2. The van der Waals surface area contributed by atoms with Crippen molar-refractivity contribution in [2.24, 2.45) is 0 Å². The van der Waals surface area contributed by atoms with Crippen LogP contribution < -0.4 is 4.74 Å². The molecular formula is C21H19BrFNO3. The van der Waals surface area contributed by atoms with Crippen LogP contribution in [-0.2, 0) is 9.53 Å². The second-order valence-corrected chi connectivity index (χ2v) is 7.55. The largest absolute Gasteiger partial charge is 0.460 e. The third-order valence-corrected chi connectivity index (χ3v) is 5.41. The minimum atomic E-state index is -0.465. The van der Waals surface area contributed by atoms with E-state index in [1.54, 1.807) is 12.1 Å². The molecule has 0 aliphatic carbocycles. The molecule has 2 aliphatic heterocycles. The average molecular weight is 432 g/mol. The van der Waals surface area contributed by atoms with E-state index in [4.69, 9.17) is 9.47 Å². The SMILES string of the molecule is O=CC1C(c2ccc(F)cc2)=C(CN2CCOCC2)Oc2ccc(Br)cc21. The normalized spacial score (nSPS) is 20.1. The molecule has 0 saturated carbocycles. The zero-order chi connectivity index (χ0) is 18.8. The lowest BCUT2D eigenvalue weighted by Gasteiger charge is -2.33. The van der Waals surface area contributed by atoms with E-state index in [2.05, 4.69) is 20.8 Å². The van der Waals surface area contributed by atoms with Crippen LogP contribution >= 0.6 is 15.9 Å². The number of carbonyl (C=O) groups is 1. The Bertz CT molecular complexity index is 875. The van der Waals surface area contributed by atoms with E-state index in [1.165, 1.54) is 12.1 Å². The molecule has 0 aromatic heterocycles. The van der Waals surface area contributed by atoms with E-state index in [9.17, 15) is 9.18 Å². The maximum Gasteiger partial charge on any atom is 0.132 e. The van der Waals surface area contributed by atoms with Crippen molar-refractivity contribution in [2.45, 2.75) is 5.92 Å². The molecule has 4 rings (SSSR count). The summed E-state index contributed by atoms with van der Waals surface area (Å²) in [6, 6.07) is 11.9. The minimum absolute atomic E-state index is 0.309. The molecule has 27 heavy (non-hydrogen) atoms. The average Bonchev–Trinajstić information content (AvgIpc) is 2.69. The molecule has 0 spiro atoms. The van der Waals surface area contributed by atoms with E-state index < -0.39 is 5.92 Å². The van der Waals surface area contributed by atoms with Crippen LogP contribution in [0.4, 0.5) is 4.39 Å². The van der Waals surface area contributed by atoms with Gasteiger partial charge in [0.05, 0.1) is 25.7 Å². The third kappa shape index (κ3) is 3.83. The van der Waals surface area contributed by atoms with E-state index in [0.717, 1.165) is 46.3 Å². The monoisotopic (exact) mass is 431 g/mol. The molecule has 6 heteroatoms. The second kappa shape index (κ2) is 7.92. The minimum Gasteiger partial charge on any atom is -0.460 e. The zero-order valence-electron chi connectivity index (χ0n) is 14.7. The van der Waals surface area contributed by atoms with Crippen LogP contribution in [0.15, 0.2) is 52.7 Å². The first-order valence-corrected chi connectivity index (χ1v) is 9.66. The summed E-state index contributed by atoms with van der Waals surface area (Å²) in [5.41, 5.74) is 2.40. The van der Waals surface area contributed by atoms with Crippen molar-refractivity contribution < 1.29 is 18.7 Å². The molecule has 1 atom stereocenters. The molecule has 0 N–H and O–H groups in total. The van der Waals surface area contributed by atoms with Gasteiger partial charge in [-0.2, -0.15) is 0 Å². The van der Waals surface area contributed by atoms with Gasteiger partial charge in [-0.05, 0) is 35.9 Å². The maximum absolute atomic E-state index is 13.4. The summed E-state index contributed by atoms with van der Waals surface area (Å²) in [5.74, 6) is 0.643. The number of halogens is 2. The Labute approximate surface area is 165 Å². The van der Waals surface area contributed by atoms with Gasteiger partial charge in [-0.3, -0.25) is 4.90 Å². The second-order valence-electron chi connectivity index (χ2n) is 6.63. The smallest absolute Gasteiger partial charge is 0.132 e. The third-order valence-electron chi connectivity index (χ3n) is 4.91. The van der Waals surface area contributed by atoms with E-state index in [0.29, 0.717) is 25.5 Å². The Morgan fingerprint density at radius 3 is 2.59 bits per heavy atom. The van der Waals surface area contributed by atoms with Crippen LogP contribution in [0.1, 0.15) is 17.0 Å². The fraction of sp³-hybridized carbons (Fsp3) is 0.286. The number of aldehydes is 1. The molecule has 2 heterocycles. The van der Waals surface area contributed by atoms with Crippen LogP contribution in [-0.4, -0.2) is 44.0 Å². The van der Waals surface area contributed by atoms with Crippen LogP contribution in [0, 0.1) is 5.82 Å². The van der Waals surface area contributed by atoms with E-state index in [1.807, 2.05) is 18.2 Å². The van der Waals surface area contributed by atoms with Gasteiger partial charge in [-0.1, -0.05) is 28.1 Å². The Morgan fingerprint density at radius 1 is 1.15 bits per heavy atom. The predicted molar refractivity (Wildman–Crippen MR) is 104 cm³/mol. The summed E-state index contributed by atoms with van der Waals surface area (Å²) < 4.78 is 26.0. The van der Waals surface area contributed by atoms with Crippen molar-refractivity contribution in [2.75, 3.05) is 32.8 Å². The lowest BCUT2D eigenvalue weighted by Crippen LogP contribution is -2.39. The highest BCUT2D eigenvalue weighted by molar-refractivity contribution is 9.10. The van der Waals surface area contributed by atoms with Gasteiger partial charge in [-0.15, -0.1) is 0 Å². The van der Waals surface area contributed by atoms with Crippen molar-refractivity contribution in [3.63, 3.8) is 0 Å². The van der Waals surface area contributed by atoms with Crippen molar-refractivity contribution >= 4 is 27.8 Å². The molecule has 2 aromatic rings. The summed E-state index contributed by atoms with van der Waals surface area (Å²) in [6.07, 6.45) is 0.936. The molecule has 2 aliphatic rings. The summed E-state index contributed by atoms with van der Waals surface area (Å²) in [7, 11) is 0. The van der Waals surface area contributed by atoms with Gasteiger partial charge in [-0.25, -0.2) is 4.39 Å². The van der Waals surface area contributed by atoms with Crippen LogP contribution in [0.3, 0.4) is 0 Å². The Morgan fingerprint density at radius 2 is 1.89 bits per heavy atom. The summed E-state index contributed by atoms with van der Waals surface area (Å²) in [4.78, 5) is 14.4. The van der Waals surface area contributed by atoms with Crippen molar-refractivity contribution in [1.82, 2.24) is 4.90 Å². The molecule has 1 saturated heterocycles. The highest BCUT2D eigenvalue weighted by atomic mass is 79.9. The zero-order valence-corrected chi connectivity index (χ0v) is 16.2. The molecule has 1 unspecified atom stereocenters. The number of fused-ring (bicyclic) bond motifs is 1. The van der Waals surface area contributed by atoms with Gasteiger partial charge in [0.2, 0.25) is 0 Å². The number of morpholine rings is 1. The number of hydrogen-bond donors (Lipinski definition) is 0. The number of allylic oxidation sites excluding steroid dienone is 1. The van der Waals surface area contributed by atoms with Gasteiger partial charge in [0, 0.05) is 28.7 Å². The number of rotatable bonds is 4. The summed E-state index contributed by atoms with van der Waals surface area (Å²) in [5, 5.41) is 0. The lowest BCUT2D eigenvalue weighted by atomic mass is 9.84. The Hall–Kier alpha value is -2.02. The summed E-state index contributed by atoms with van der Waals surface area (Å²) >= 11 is 3.47. The van der Waals surface area contributed by atoms with Gasteiger partial charge in [0.1, 0.15) is 23.6 Å². The molecule has 0 radical (unpaired) electrons. The quantitative estimate of drug-likeness (QED) is 0.685. The van der Waals surface area contributed by atoms with E-state index >= 15 is 0 Å². The first-order valence-electron chi connectivity index (χ1n) is 8.87. The lowest BCUT2D eigenvalue weighted by molar-refractivity contribution is -0.108. The van der Waals surface area contributed by atoms with Gasteiger partial charge in [0.15, 0.2) is 0 Å². The molecule has 0 amide bonds. The van der Waals surface area contributed by atoms with Crippen LogP contribution in [0.25, 0.3) is 5.57 Å². The molecule has 140 valence electrons.